The number of rotatable bonds is 11. The van der Waals surface area contributed by atoms with Crippen LogP contribution in [-0.4, -0.2) is 49.3 Å². The highest BCUT2D eigenvalue weighted by molar-refractivity contribution is 5.83. The molecule has 1 unspecified atom stereocenters. The van der Waals surface area contributed by atoms with Crippen LogP contribution < -0.4 is 10.6 Å². The molecule has 0 fully saturated rings. The molecule has 0 aliphatic carbocycles. The molecule has 0 aromatic heterocycles. The maximum atomic E-state index is 11.6. The molecule has 0 spiro atoms. The molecule has 6 nitrogen and oxygen atoms in total. The quantitative estimate of drug-likeness (QED) is 0.484. The minimum atomic E-state index is -0.996. The Morgan fingerprint density at radius 3 is 2.47 bits per heavy atom. The first-order chi connectivity index (χ1) is 8.97. The van der Waals surface area contributed by atoms with E-state index in [1.807, 2.05) is 13.8 Å². The van der Waals surface area contributed by atoms with Crippen molar-refractivity contribution in [3.8, 4) is 0 Å². The Labute approximate surface area is 114 Å². The number of hydrogen-bond donors (Lipinski definition) is 3. The van der Waals surface area contributed by atoms with E-state index in [1.165, 1.54) is 0 Å². The number of nitrogens with one attached hydrogen (secondary N) is 2. The lowest BCUT2D eigenvalue weighted by Gasteiger charge is -2.14. The van der Waals surface area contributed by atoms with Gasteiger partial charge in [-0.25, -0.2) is 4.79 Å². The van der Waals surface area contributed by atoms with Gasteiger partial charge in [-0.1, -0.05) is 13.8 Å². The molecule has 0 aliphatic rings. The molecule has 19 heavy (non-hydrogen) atoms. The van der Waals surface area contributed by atoms with Gasteiger partial charge in [0, 0.05) is 26.2 Å². The van der Waals surface area contributed by atoms with E-state index in [4.69, 9.17) is 9.84 Å². The summed E-state index contributed by atoms with van der Waals surface area (Å²) in [6, 6.07) is -0.426. The van der Waals surface area contributed by atoms with Gasteiger partial charge >= 0.3 is 5.97 Å². The van der Waals surface area contributed by atoms with E-state index in [9.17, 15) is 9.59 Å². The van der Waals surface area contributed by atoms with Gasteiger partial charge in [-0.3, -0.25) is 4.79 Å². The normalized spacial score (nSPS) is 12.4. The van der Waals surface area contributed by atoms with Crippen molar-refractivity contribution < 1.29 is 19.4 Å². The van der Waals surface area contributed by atoms with E-state index >= 15 is 0 Å². The van der Waals surface area contributed by atoms with E-state index in [1.54, 1.807) is 7.11 Å². The minimum Gasteiger partial charge on any atom is -0.480 e. The third-order valence-corrected chi connectivity index (χ3v) is 2.61. The highest BCUT2D eigenvalue weighted by atomic mass is 16.5. The zero-order valence-electron chi connectivity index (χ0n) is 12.1. The van der Waals surface area contributed by atoms with Crippen molar-refractivity contribution in [3.63, 3.8) is 0 Å². The van der Waals surface area contributed by atoms with Gasteiger partial charge in [0.15, 0.2) is 0 Å². The van der Waals surface area contributed by atoms with Crippen LogP contribution in [0.5, 0.6) is 0 Å². The molecular formula is C13H26N2O4. The molecule has 1 amide bonds. The highest BCUT2D eigenvalue weighted by Crippen LogP contribution is 2.00. The molecule has 0 aromatic rings. The van der Waals surface area contributed by atoms with Crippen LogP contribution in [0.1, 0.15) is 39.5 Å². The first-order valence-corrected chi connectivity index (χ1v) is 6.71. The van der Waals surface area contributed by atoms with Gasteiger partial charge in [-0.2, -0.15) is 0 Å². The average molecular weight is 274 g/mol. The van der Waals surface area contributed by atoms with E-state index < -0.39 is 12.0 Å². The van der Waals surface area contributed by atoms with Gasteiger partial charge in [0.2, 0.25) is 5.91 Å². The number of hydrogen-bond acceptors (Lipinski definition) is 4. The lowest BCUT2D eigenvalue weighted by molar-refractivity contribution is -0.142. The van der Waals surface area contributed by atoms with Gasteiger partial charge in [0.25, 0.3) is 0 Å². The smallest absolute Gasteiger partial charge is 0.326 e. The molecule has 0 bridgehead atoms. The van der Waals surface area contributed by atoms with Crippen LogP contribution in [0.15, 0.2) is 0 Å². The lowest BCUT2D eigenvalue weighted by atomic mass is 10.1. The zero-order valence-corrected chi connectivity index (χ0v) is 12.1. The Hall–Kier alpha value is -1.14. The van der Waals surface area contributed by atoms with Crippen LogP contribution in [0, 0.1) is 0 Å². The Balaban J connectivity index is 3.86. The van der Waals surface area contributed by atoms with Gasteiger partial charge in [0.1, 0.15) is 6.04 Å². The van der Waals surface area contributed by atoms with E-state index in [0.29, 0.717) is 38.3 Å². The van der Waals surface area contributed by atoms with Crippen LogP contribution in [0.2, 0.25) is 0 Å². The van der Waals surface area contributed by atoms with Gasteiger partial charge < -0.3 is 20.5 Å². The largest absolute Gasteiger partial charge is 0.480 e. The second-order valence-electron chi connectivity index (χ2n) is 4.81. The topological polar surface area (TPSA) is 87.7 Å². The molecule has 0 heterocycles. The fourth-order valence-corrected chi connectivity index (χ4v) is 1.60. The molecule has 1 atom stereocenters. The summed E-state index contributed by atoms with van der Waals surface area (Å²) in [5.74, 6) is -1.21. The maximum Gasteiger partial charge on any atom is 0.326 e. The van der Waals surface area contributed by atoms with Crippen molar-refractivity contribution in [1.82, 2.24) is 10.6 Å². The van der Waals surface area contributed by atoms with Crippen molar-refractivity contribution in [2.75, 3.05) is 20.3 Å². The molecule has 0 aliphatic heterocycles. The van der Waals surface area contributed by atoms with Gasteiger partial charge in [-0.15, -0.1) is 0 Å². The lowest BCUT2D eigenvalue weighted by Crippen LogP contribution is -2.41. The number of carboxylic acids is 1. The first kappa shape index (κ1) is 17.9. The SMILES string of the molecule is COCCCC(NC(=O)CCCNC(C)C)C(=O)O. The van der Waals surface area contributed by atoms with Crippen LogP contribution in [0.25, 0.3) is 0 Å². The molecule has 0 rings (SSSR count). The second kappa shape index (κ2) is 10.8. The molecule has 0 saturated heterocycles. The number of ether oxygens (including phenoxy) is 1. The van der Waals surface area contributed by atoms with Gasteiger partial charge in [0.05, 0.1) is 0 Å². The van der Waals surface area contributed by atoms with Crippen LogP contribution >= 0.6 is 0 Å². The van der Waals surface area contributed by atoms with Crippen molar-refractivity contribution in [2.45, 2.75) is 51.6 Å². The Morgan fingerprint density at radius 2 is 1.95 bits per heavy atom. The number of aliphatic carboxylic acids is 1. The summed E-state index contributed by atoms with van der Waals surface area (Å²) >= 11 is 0. The Bertz CT molecular complexity index is 269. The van der Waals surface area contributed by atoms with Crippen molar-refractivity contribution in [3.05, 3.63) is 0 Å². The van der Waals surface area contributed by atoms with Crippen LogP contribution in [0.4, 0.5) is 0 Å². The molecule has 112 valence electrons. The second-order valence-corrected chi connectivity index (χ2v) is 4.81. The predicted molar refractivity (Wildman–Crippen MR) is 73.0 cm³/mol. The highest BCUT2D eigenvalue weighted by Gasteiger charge is 2.18. The number of carbonyl (C=O) groups excluding carboxylic acids is 1. The minimum absolute atomic E-state index is 0.213. The number of amides is 1. The standard InChI is InChI=1S/C13H26N2O4/c1-10(2)14-8-4-7-12(16)15-11(13(17)18)6-5-9-19-3/h10-11,14H,4-9H2,1-3H3,(H,15,16)(H,17,18). The summed E-state index contributed by atoms with van der Waals surface area (Å²) in [6.07, 6.45) is 2.05. The molecule has 0 radical (unpaired) electrons. The average Bonchev–Trinajstić information content (AvgIpc) is 2.33. The Kier molecular flexibility index (Phi) is 10.1. The first-order valence-electron chi connectivity index (χ1n) is 6.71. The van der Waals surface area contributed by atoms with Crippen molar-refractivity contribution in [2.24, 2.45) is 0 Å². The van der Waals surface area contributed by atoms with Gasteiger partial charge in [-0.05, 0) is 25.8 Å². The molecule has 0 aromatic carbocycles. The van der Waals surface area contributed by atoms with Crippen LogP contribution in [0.3, 0.4) is 0 Å². The molecular weight excluding hydrogens is 248 g/mol. The van der Waals surface area contributed by atoms with Crippen molar-refractivity contribution in [1.29, 1.82) is 0 Å². The predicted octanol–water partition coefficient (Wildman–Crippen LogP) is 0.761. The van der Waals surface area contributed by atoms with E-state index in [0.717, 1.165) is 6.54 Å². The Morgan fingerprint density at radius 1 is 1.26 bits per heavy atom. The van der Waals surface area contributed by atoms with Crippen molar-refractivity contribution >= 4 is 11.9 Å². The summed E-state index contributed by atoms with van der Waals surface area (Å²) in [4.78, 5) is 22.6. The molecule has 6 heteroatoms. The van der Waals surface area contributed by atoms with E-state index in [-0.39, 0.29) is 5.91 Å². The number of carboxylic acid groups (broad SMARTS) is 1. The summed E-state index contributed by atoms with van der Waals surface area (Å²) in [7, 11) is 1.57. The molecule has 3 N–H and O–H groups in total. The van der Waals surface area contributed by atoms with Crippen LogP contribution in [-0.2, 0) is 14.3 Å². The number of methoxy groups -OCH3 is 1. The third kappa shape index (κ3) is 10.5. The summed E-state index contributed by atoms with van der Waals surface area (Å²) < 4.78 is 4.86. The zero-order chi connectivity index (χ0) is 14.7. The summed E-state index contributed by atoms with van der Waals surface area (Å²) in [6.45, 7) is 5.33. The maximum absolute atomic E-state index is 11.6. The summed E-state index contributed by atoms with van der Waals surface area (Å²) in [5.41, 5.74) is 0. The van der Waals surface area contributed by atoms with E-state index in [2.05, 4.69) is 10.6 Å². The summed E-state index contributed by atoms with van der Waals surface area (Å²) in [5, 5.41) is 14.7. The molecule has 0 saturated carbocycles. The fraction of sp³-hybridized carbons (Fsp3) is 0.846. The number of carbonyl (C=O) groups is 2. The third-order valence-electron chi connectivity index (χ3n) is 2.61. The fourth-order valence-electron chi connectivity index (χ4n) is 1.60. The monoisotopic (exact) mass is 274 g/mol.